The predicted octanol–water partition coefficient (Wildman–Crippen LogP) is 3.12. The third-order valence-corrected chi connectivity index (χ3v) is 4.49. The lowest BCUT2D eigenvalue weighted by atomic mass is 10.2. The average molecular weight is 348 g/mol. The Morgan fingerprint density at radius 3 is 2.45 bits per heavy atom. The van der Waals surface area contributed by atoms with Crippen molar-refractivity contribution in [1.82, 2.24) is 0 Å². The van der Waals surface area contributed by atoms with E-state index in [1.807, 2.05) is 4.72 Å². The molecular weight excluding hydrogens is 340 g/mol. The second-order valence-electron chi connectivity index (χ2n) is 4.18. The Bertz CT molecular complexity index is 855. The van der Waals surface area contributed by atoms with E-state index in [2.05, 4.69) is 0 Å². The Morgan fingerprint density at radius 1 is 1.14 bits per heavy atom. The van der Waals surface area contributed by atoms with Gasteiger partial charge in [0.1, 0.15) is 16.5 Å². The van der Waals surface area contributed by atoms with Gasteiger partial charge in [0.15, 0.2) is 0 Å². The summed E-state index contributed by atoms with van der Waals surface area (Å²) in [7, 11) is -4.39. The highest BCUT2D eigenvalue weighted by Crippen LogP contribution is 2.26. The molecule has 9 heteroatoms. The summed E-state index contributed by atoms with van der Waals surface area (Å²) in [5, 5.41) is 8.61. The van der Waals surface area contributed by atoms with E-state index in [1.165, 1.54) is 0 Å². The zero-order chi connectivity index (χ0) is 16.5. The van der Waals surface area contributed by atoms with Gasteiger partial charge in [-0.25, -0.2) is 22.0 Å². The minimum absolute atomic E-state index is 0.255. The molecule has 116 valence electrons. The molecule has 0 bridgehead atoms. The van der Waals surface area contributed by atoms with Crippen molar-refractivity contribution in [2.24, 2.45) is 0 Å². The zero-order valence-corrected chi connectivity index (χ0v) is 12.3. The largest absolute Gasteiger partial charge is 0.478 e. The highest BCUT2D eigenvalue weighted by molar-refractivity contribution is 7.92. The number of benzene rings is 2. The molecule has 0 spiro atoms. The van der Waals surface area contributed by atoms with Crippen LogP contribution < -0.4 is 4.72 Å². The van der Waals surface area contributed by atoms with Crippen molar-refractivity contribution in [2.45, 2.75) is 4.90 Å². The quantitative estimate of drug-likeness (QED) is 0.890. The van der Waals surface area contributed by atoms with Crippen molar-refractivity contribution in [2.75, 3.05) is 4.72 Å². The molecule has 0 fully saturated rings. The number of carbonyl (C=O) groups is 1. The molecule has 0 aliphatic heterocycles. The SMILES string of the molecule is O=C(O)c1ccc(Cl)c(S(=O)(=O)Nc2cc(F)ccc2F)c1. The van der Waals surface area contributed by atoms with Gasteiger partial charge in [0, 0.05) is 6.07 Å². The van der Waals surface area contributed by atoms with Crippen molar-refractivity contribution in [3.05, 3.63) is 58.6 Å². The van der Waals surface area contributed by atoms with E-state index >= 15 is 0 Å². The second-order valence-corrected chi connectivity index (χ2v) is 6.24. The van der Waals surface area contributed by atoms with Gasteiger partial charge in [0.25, 0.3) is 10.0 Å². The van der Waals surface area contributed by atoms with Crippen LogP contribution in [0.2, 0.25) is 5.02 Å². The van der Waals surface area contributed by atoms with Gasteiger partial charge in [0.2, 0.25) is 0 Å². The molecule has 2 rings (SSSR count). The van der Waals surface area contributed by atoms with Crippen molar-refractivity contribution in [3.8, 4) is 0 Å². The predicted molar refractivity (Wildman–Crippen MR) is 75.6 cm³/mol. The molecule has 0 aliphatic rings. The molecule has 0 amide bonds. The number of anilines is 1. The molecule has 0 saturated heterocycles. The van der Waals surface area contributed by atoms with Crippen LogP contribution in [-0.2, 0) is 10.0 Å². The summed E-state index contributed by atoms with van der Waals surface area (Å²) < 4.78 is 52.8. The lowest BCUT2D eigenvalue weighted by molar-refractivity contribution is 0.0696. The minimum Gasteiger partial charge on any atom is -0.478 e. The number of carboxylic acid groups (broad SMARTS) is 1. The number of nitrogens with one attached hydrogen (secondary N) is 1. The van der Waals surface area contributed by atoms with Gasteiger partial charge in [0.05, 0.1) is 16.3 Å². The molecule has 2 aromatic rings. The second kappa shape index (κ2) is 5.90. The lowest BCUT2D eigenvalue weighted by Gasteiger charge is -2.11. The maximum absolute atomic E-state index is 13.5. The van der Waals surface area contributed by atoms with Crippen LogP contribution in [-0.4, -0.2) is 19.5 Å². The van der Waals surface area contributed by atoms with E-state index in [4.69, 9.17) is 16.7 Å². The normalized spacial score (nSPS) is 11.2. The number of hydrogen-bond acceptors (Lipinski definition) is 3. The van der Waals surface area contributed by atoms with E-state index in [-0.39, 0.29) is 10.6 Å². The van der Waals surface area contributed by atoms with E-state index < -0.39 is 38.2 Å². The average Bonchev–Trinajstić information content (AvgIpc) is 2.42. The van der Waals surface area contributed by atoms with E-state index in [9.17, 15) is 22.0 Å². The molecule has 2 N–H and O–H groups in total. The number of hydrogen-bond donors (Lipinski definition) is 2. The first-order valence-electron chi connectivity index (χ1n) is 5.71. The van der Waals surface area contributed by atoms with Crippen LogP contribution in [0.25, 0.3) is 0 Å². The maximum atomic E-state index is 13.5. The summed E-state index contributed by atoms with van der Waals surface area (Å²) >= 11 is 5.74. The van der Waals surface area contributed by atoms with Crippen LogP contribution in [0.3, 0.4) is 0 Å². The van der Waals surface area contributed by atoms with Crippen molar-refractivity contribution < 1.29 is 27.1 Å². The van der Waals surface area contributed by atoms with Crippen LogP contribution in [0, 0.1) is 11.6 Å². The smallest absolute Gasteiger partial charge is 0.335 e. The molecule has 0 radical (unpaired) electrons. The van der Waals surface area contributed by atoms with Crippen LogP contribution in [0.4, 0.5) is 14.5 Å². The summed E-state index contributed by atoms with van der Waals surface area (Å²) in [5.74, 6) is -3.19. The van der Waals surface area contributed by atoms with Crippen LogP contribution in [0.1, 0.15) is 10.4 Å². The van der Waals surface area contributed by atoms with E-state index in [0.717, 1.165) is 30.3 Å². The first-order chi connectivity index (χ1) is 10.2. The molecule has 0 aliphatic carbocycles. The van der Waals surface area contributed by atoms with Crippen molar-refractivity contribution in [1.29, 1.82) is 0 Å². The first kappa shape index (κ1) is 16.2. The highest BCUT2D eigenvalue weighted by atomic mass is 35.5. The Hall–Kier alpha value is -2.19. The van der Waals surface area contributed by atoms with Crippen LogP contribution >= 0.6 is 11.6 Å². The molecular formula is C13H8ClF2NO4S. The van der Waals surface area contributed by atoms with Gasteiger partial charge in [-0.15, -0.1) is 0 Å². The fourth-order valence-corrected chi connectivity index (χ4v) is 3.20. The minimum atomic E-state index is -4.39. The Kier molecular flexibility index (Phi) is 4.34. The molecule has 5 nitrogen and oxygen atoms in total. The standard InChI is InChI=1S/C13H8ClF2NO4S/c14-9-3-1-7(13(18)19)5-12(9)22(20,21)17-11-6-8(15)2-4-10(11)16/h1-6,17H,(H,18,19). The van der Waals surface area contributed by atoms with Gasteiger partial charge in [-0.3, -0.25) is 4.72 Å². The Labute approximate surface area is 129 Å². The fraction of sp³-hybridized carbons (Fsp3) is 0. The topological polar surface area (TPSA) is 83.5 Å². The van der Waals surface area contributed by atoms with Gasteiger partial charge >= 0.3 is 5.97 Å². The van der Waals surface area contributed by atoms with E-state index in [1.54, 1.807) is 0 Å². The zero-order valence-electron chi connectivity index (χ0n) is 10.7. The molecule has 0 heterocycles. The summed E-state index contributed by atoms with van der Waals surface area (Å²) in [5.41, 5.74) is -0.929. The number of rotatable bonds is 4. The number of sulfonamides is 1. The van der Waals surface area contributed by atoms with Crippen LogP contribution in [0.5, 0.6) is 0 Å². The number of aromatic carboxylic acids is 1. The lowest BCUT2D eigenvalue weighted by Crippen LogP contribution is -2.15. The molecule has 0 aromatic heterocycles. The van der Waals surface area contributed by atoms with Gasteiger partial charge in [-0.05, 0) is 30.3 Å². The van der Waals surface area contributed by atoms with Gasteiger partial charge in [-0.2, -0.15) is 0 Å². The number of halogens is 3. The van der Waals surface area contributed by atoms with Crippen molar-refractivity contribution >= 4 is 33.3 Å². The third kappa shape index (κ3) is 3.34. The molecule has 0 atom stereocenters. The molecule has 0 saturated carbocycles. The van der Waals surface area contributed by atoms with Gasteiger partial charge in [-0.1, -0.05) is 11.6 Å². The third-order valence-electron chi connectivity index (χ3n) is 2.64. The van der Waals surface area contributed by atoms with E-state index in [0.29, 0.717) is 6.07 Å². The molecule has 2 aromatic carbocycles. The van der Waals surface area contributed by atoms with Crippen LogP contribution in [0.15, 0.2) is 41.3 Å². The molecule has 0 unspecified atom stereocenters. The maximum Gasteiger partial charge on any atom is 0.335 e. The summed E-state index contributed by atoms with van der Waals surface area (Å²) in [4.78, 5) is 10.3. The summed E-state index contributed by atoms with van der Waals surface area (Å²) in [6.07, 6.45) is 0. The monoisotopic (exact) mass is 347 g/mol. The fourth-order valence-electron chi connectivity index (χ4n) is 1.62. The molecule has 22 heavy (non-hydrogen) atoms. The van der Waals surface area contributed by atoms with Gasteiger partial charge < -0.3 is 5.11 Å². The summed E-state index contributed by atoms with van der Waals surface area (Å²) in [6.45, 7) is 0. The summed E-state index contributed by atoms with van der Waals surface area (Å²) in [6, 6.07) is 5.26. The highest BCUT2D eigenvalue weighted by Gasteiger charge is 2.21. The first-order valence-corrected chi connectivity index (χ1v) is 7.57. The number of carboxylic acids is 1. The van der Waals surface area contributed by atoms with Crippen molar-refractivity contribution in [3.63, 3.8) is 0 Å². The Morgan fingerprint density at radius 2 is 1.82 bits per heavy atom. The Balaban J connectivity index is 2.49.